The van der Waals surface area contributed by atoms with Gasteiger partial charge < -0.3 is 9.88 Å². The van der Waals surface area contributed by atoms with Crippen LogP contribution in [-0.2, 0) is 11.2 Å². The third-order valence-corrected chi connectivity index (χ3v) is 4.23. The number of aromatic amines is 1. The number of rotatable bonds is 2. The fourth-order valence-electron chi connectivity index (χ4n) is 2.85. The van der Waals surface area contributed by atoms with Crippen LogP contribution >= 0.6 is 0 Å². The predicted molar refractivity (Wildman–Crippen MR) is 76.9 cm³/mol. The third-order valence-electron chi connectivity index (χ3n) is 4.23. The Labute approximate surface area is 117 Å². The van der Waals surface area contributed by atoms with Crippen molar-refractivity contribution in [3.63, 3.8) is 0 Å². The summed E-state index contributed by atoms with van der Waals surface area (Å²) in [6.07, 6.45) is 4.25. The molecule has 0 aliphatic carbocycles. The highest BCUT2D eigenvalue weighted by Crippen LogP contribution is 2.22. The highest BCUT2D eigenvalue weighted by molar-refractivity contribution is 5.89. The zero-order valence-corrected chi connectivity index (χ0v) is 11.7. The molecule has 20 heavy (non-hydrogen) atoms. The second-order valence-electron chi connectivity index (χ2n) is 5.72. The maximum Gasteiger partial charge on any atom is 0.227 e. The van der Waals surface area contributed by atoms with Gasteiger partial charge in [0, 0.05) is 24.7 Å². The number of para-hydroxylation sites is 1. The normalized spacial score (nSPS) is 16.8. The van der Waals surface area contributed by atoms with Crippen molar-refractivity contribution in [2.24, 2.45) is 5.92 Å². The van der Waals surface area contributed by atoms with Gasteiger partial charge in [-0.15, -0.1) is 0 Å². The van der Waals surface area contributed by atoms with Gasteiger partial charge in [-0.1, -0.05) is 19.1 Å². The number of fused-ring (bicyclic) bond motifs is 1. The van der Waals surface area contributed by atoms with Crippen molar-refractivity contribution in [2.45, 2.75) is 26.2 Å². The summed E-state index contributed by atoms with van der Waals surface area (Å²) in [6, 6.07) is 4.97. The zero-order valence-electron chi connectivity index (χ0n) is 11.7. The maximum atomic E-state index is 13.6. The zero-order chi connectivity index (χ0) is 14.1. The average Bonchev–Trinajstić information content (AvgIpc) is 2.84. The molecule has 1 aliphatic heterocycles. The lowest BCUT2D eigenvalue weighted by molar-refractivity contribution is -0.131. The Kier molecular flexibility index (Phi) is 3.47. The van der Waals surface area contributed by atoms with Gasteiger partial charge in [0.05, 0.1) is 11.9 Å². The van der Waals surface area contributed by atoms with Crippen LogP contribution in [0.5, 0.6) is 0 Å². The Bertz CT molecular complexity index is 626. The lowest BCUT2D eigenvalue weighted by atomic mass is 9.98. The standard InChI is InChI=1S/C16H19FN2O/c1-11-5-7-19(8-6-11)15(20)9-12-10-18-16-13(12)3-2-4-14(16)17/h2-4,10-11,18H,5-9H2,1H3. The van der Waals surface area contributed by atoms with Gasteiger partial charge in [-0.05, 0) is 30.4 Å². The van der Waals surface area contributed by atoms with Gasteiger partial charge in [0.25, 0.3) is 0 Å². The van der Waals surface area contributed by atoms with Crippen molar-refractivity contribution >= 4 is 16.8 Å². The van der Waals surface area contributed by atoms with E-state index in [1.807, 2.05) is 11.0 Å². The number of H-pyrrole nitrogens is 1. The molecule has 0 spiro atoms. The molecule has 0 bridgehead atoms. The van der Waals surface area contributed by atoms with Crippen LogP contribution in [-0.4, -0.2) is 28.9 Å². The van der Waals surface area contributed by atoms with E-state index in [4.69, 9.17) is 0 Å². The molecule has 3 rings (SSSR count). The Hall–Kier alpha value is -1.84. The maximum absolute atomic E-state index is 13.6. The van der Waals surface area contributed by atoms with Crippen LogP contribution in [0.1, 0.15) is 25.3 Å². The Morgan fingerprint density at radius 3 is 2.90 bits per heavy atom. The van der Waals surface area contributed by atoms with Crippen LogP contribution < -0.4 is 0 Å². The lowest BCUT2D eigenvalue weighted by Crippen LogP contribution is -2.38. The number of piperidine rings is 1. The number of benzene rings is 1. The second-order valence-corrected chi connectivity index (χ2v) is 5.72. The molecule has 3 nitrogen and oxygen atoms in total. The summed E-state index contributed by atoms with van der Waals surface area (Å²) < 4.78 is 13.6. The van der Waals surface area contributed by atoms with E-state index in [2.05, 4.69) is 11.9 Å². The first-order chi connectivity index (χ1) is 9.65. The Morgan fingerprint density at radius 1 is 1.40 bits per heavy atom. The summed E-state index contributed by atoms with van der Waals surface area (Å²) in [5.41, 5.74) is 1.37. The number of nitrogens with zero attached hydrogens (tertiary/aromatic N) is 1. The fourth-order valence-corrected chi connectivity index (χ4v) is 2.85. The number of carbonyl (C=O) groups is 1. The molecule has 2 aromatic rings. The van der Waals surface area contributed by atoms with E-state index in [-0.39, 0.29) is 11.7 Å². The minimum Gasteiger partial charge on any atom is -0.359 e. The SMILES string of the molecule is CC1CCN(C(=O)Cc2c[nH]c3c(F)cccc23)CC1. The molecule has 0 radical (unpaired) electrons. The van der Waals surface area contributed by atoms with Crippen molar-refractivity contribution in [3.8, 4) is 0 Å². The van der Waals surface area contributed by atoms with E-state index in [0.29, 0.717) is 17.9 Å². The molecule has 2 heterocycles. The number of amides is 1. The molecule has 0 unspecified atom stereocenters. The van der Waals surface area contributed by atoms with Crippen LogP contribution in [0.2, 0.25) is 0 Å². The summed E-state index contributed by atoms with van der Waals surface area (Å²) in [7, 11) is 0. The van der Waals surface area contributed by atoms with E-state index >= 15 is 0 Å². The van der Waals surface area contributed by atoms with Gasteiger partial charge in [-0.2, -0.15) is 0 Å². The van der Waals surface area contributed by atoms with Crippen molar-refractivity contribution < 1.29 is 9.18 Å². The van der Waals surface area contributed by atoms with Crippen molar-refractivity contribution in [3.05, 3.63) is 35.8 Å². The smallest absolute Gasteiger partial charge is 0.227 e. The van der Waals surface area contributed by atoms with Gasteiger partial charge in [0.15, 0.2) is 0 Å². The number of hydrogen-bond donors (Lipinski definition) is 1. The van der Waals surface area contributed by atoms with Gasteiger partial charge >= 0.3 is 0 Å². The molecule has 106 valence electrons. The first kappa shape index (κ1) is 13.2. The summed E-state index contributed by atoms with van der Waals surface area (Å²) >= 11 is 0. The third kappa shape index (κ3) is 2.42. The predicted octanol–water partition coefficient (Wildman–Crippen LogP) is 3.11. The molecule has 1 amide bonds. The Balaban J connectivity index is 1.76. The molecule has 0 atom stereocenters. The molecule has 1 aromatic heterocycles. The number of aromatic nitrogens is 1. The highest BCUT2D eigenvalue weighted by Gasteiger charge is 2.21. The average molecular weight is 274 g/mol. The van der Waals surface area contributed by atoms with Gasteiger partial charge in [-0.3, -0.25) is 4.79 Å². The van der Waals surface area contributed by atoms with Crippen molar-refractivity contribution in [1.29, 1.82) is 0 Å². The fraction of sp³-hybridized carbons (Fsp3) is 0.438. The number of carbonyl (C=O) groups excluding carboxylic acids is 1. The van der Waals surface area contributed by atoms with E-state index in [0.717, 1.165) is 36.9 Å². The van der Waals surface area contributed by atoms with E-state index < -0.39 is 0 Å². The highest BCUT2D eigenvalue weighted by atomic mass is 19.1. The molecule has 1 N–H and O–H groups in total. The quantitative estimate of drug-likeness (QED) is 0.897. The summed E-state index contributed by atoms with van der Waals surface area (Å²) in [5, 5.41) is 0.809. The van der Waals surface area contributed by atoms with Crippen LogP contribution in [0.3, 0.4) is 0 Å². The number of likely N-dealkylation sites (tertiary alicyclic amines) is 1. The molecular formula is C16H19FN2O. The molecule has 1 aliphatic rings. The summed E-state index contributed by atoms with van der Waals surface area (Å²) in [4.78, 5) is 17.2. The van der Waals surface area contributed by atoms with Gasteiger partial charge in [0.1, 0.15) is 5.82 Å². The topological polar surface area (TPSA) is 36.1 Å². The minimum atomic E-state index is -0.270. The molecular weight excluding hydrogens is 255 g/mol. The number of nitrogens with one attached hydrogen (secondary N) is 1. The molecule has 1 saturated heterocycles. The molecule has 1 aromatic carbocycles. The van der Waals surface area contributed by atoms with Crippen molar-refractivity contribution in [2.75, 3.05) is 13.1 Å². The van der Waals surface area contributed by atoms with E-state index in [1.54, 1.807) is 12.3 Å². The van der Waals surface area contributed by atoms with Crippen LogP contribution in [0.15, 0.2) is 24.4 Å². The van der Waals surface area contributed by atoms with E-state index in [9.17, 15) is 9.18 Å². The number of halogens is 1. The second kappa shape index (κ2) is 5.27. The first-order valence-corrected chi connectivity index (χ1v) is 7.17. The van der Waals surface area contributed by atoms with Crippen LogP contribution in [0, 0.1) is 11.7 Å². The van der Waals surface area contributed by atoms with E-state index in [1.165, 1.54) is 6.07 Å². The van der Waals surface area contributed by atoms with Crippen LogP contribution in [0.25, 0.3) is 10.9 Å². The van der Waals surface area contributed by atoms with Crippen molar-refractivity contribution in [1.82, 2.24) is 9.88 Å². The largest absolute Gasteiger partial charge is 0.359 e. The van der Waals surface area contributed by atoms with Crippen LogP contribution in [0.4, 0.5) is 4.39 Å². The molecule has 1 fully saturated rings. The number of hydrogen-bond acceptors (Lipinski definition) is 1. The van der Waals surface area contributed by atoms with Gasteiger partial charge in [-0.25, -0.2) is 4.39 Å². The Morgan fingerprint density at radius 2 is 2.15 bits per heavy atom. The summed E-state index contributed by atoms with van der Waals surface area (Å²) in [6.45, 7) is 3.91. The van der Waals surface area contributed by atoms with Gasteiger partial charge in [0.2, 0.25) is 5.91 Å². The first-order valence-electron chi connectivity index (χ1n) is 7.17. The molecule has 0 saturated carbocycles. The molecule has 4 heteroatoms. The lowest BCUT2D eigenvalue weighted by Gasteiger charge is -2.30. The monoisotopic (exact) mass is 274 g/mol. The minimum absolute atomic E-state index is 0.141. The summed E-state index contributed by atoms with van der Waals surface area (Å²) in [5.74, 6) is 0.580.